The number of carbonyl (C=O) groups is 2. The first kappa shape index (κ1) is 33.3. The monoisotopic (exact) mass is 667 g/mol. The van der Waals surface area contributed by atoms with E-state index in [1.807, 2.05) is 62.5 Å². The van der Waals surface area contributed by atoms with E-state index in [1.165, 1.54) is 0 Å². The Morgan fingerprint density at radius 1 is 1.17 bits per heavy atom. The van der Waals surface area contributed by atoms with Gasteiger partial charge in [0.25, 0.3) is 11.8 Å². The molecule has 0 radical (unpaired) electrons. The van der Waals surface area contributed by atoms with Crippen LogP contribution in [0.2, 0.25) is 18.6 Å². The molecule has 4 aromatic rings. The maximum absolute atomic E-state index is 14.4. The molecule has 1 spiro atoms. The second-order valence-corrected chi connectivity index (χ2v) is 17.0. The first-order valence-corrected chi connectivity index (χ1v) is 19.1. The van der Waals surface area contributed by atoms with E-state index in [2.05, 4.69) is 22.2 Å². The Morgan fingerprint density at radius 3 is 2.56 bits per heavy atom. The van der Waals surface area contributed by atoms with Gasteiger partial charge >= 0.3 is 0 Å². The summed E-state index contributed by atoms with van der Waals surface area (Å²) >= 11 is 0. The number of fused-ring (bicyclic) bond motifs is 2. The quantitative estimate of drug-likeness (QED) is 0.149. The summed E-state index contributed by atoms with van der Waals surface area (Å²) in [5, 5.41) is 22.2. The number of methoxy groups -OCH3 is 1. The molecule has 3 aromatic carbocycles. The fraction of sp³-hybridized carbons (Fsp3) is 0.333. The number of nitrogens with zero attached hydrogens (tertiary/aromatic N) is 4. The lowest BCUT2D eigenvalue weighted by molar-refractivity contribution is -0.145. The average Bonchev–Trinajstić information content (AvgIpc) is 3.74. The Kier molecular flexibility index (Phi) is 9.09. The van der Waals surface area contributed by atoms with Gasteiger partial charge in [-0.2, -0.15) is 0 Å². The van der Waals surface area contributed by atoms with Crippen LogP contribution in [0.4, 0.5) is 11.4 Å². The largest absolute Gasteiger partial charge is 0.497 e. The number of aromatic nitrogens is 3. The van der Waals surface area contributed by atoms with Crippen LogP contribution in [-0.4, -0.2) is 64.8 Å². The Labute approximate surface area is 280 Å². The first-order chi connectivity index (χ1) is 23.0. The van der Waals surface area contributed by atoms with E-state index in [0.717, 1.165) is 5.56 Å². The Morgan fingerprint density at radius 2 is 1.90 bits per heavy atom. The van der Waals surface area contributed by atoms with Gasteiger partial charge in [-0.05, 0) is 67.5 Å². The van der Waals surface area contributed by atoms with Crippen LogP contribution in [0.1, 0.15) is 46.6 Å². The maximum Gasteiger partial charge on any atom is 0.264 e. The Hall–Kier alpha value is -4.62. The molecule has 11 nitrogen and oxygen atoms in total. The van der Waals surface area contributed by atoms with Crippen molar-refractivity contribution in [1.82, 2.24) is 15.0 Å². The number of benzene rings is 3. The van der Waals surface area contributed by atoms with Gasteiger partial charge in [0.2, 0.25) is 0 Å². The van der Waals surface area contributed by atoms with Gasteiger partial charge in [-0.15, -0.1) is 11.7 Å². The number of ether oxygens (including phenoxy) is 2. The normalized spacial score (nSPS) is 22.5. The van der Waals surface area contributed by atoms with E-state index in [1.54, 1.807) is 59.3 Å². The van der Waals surface area contributed by atoms with Crippen LogP contribution in [0.5, 0.6) is 5.75 Å². The lowest BCUT2D eigenvalue weighted by atomic mass is 9.82. The predicted octanol–water partition coefficient (Wildman–Crippen LogP) is 5.04. The van der Waals surface area contributed by atoms with Crippen LogP contribution in [0.15, 0.2) is 91.6 Å². The van der Waals surface area contributed by atoms with Gasteiger partial charge in [0.15, 0.2) is 13.9 Å². The molecule has 12 heteroatoms. The van der Waals surface area contributed by atoms with Crippen molar-refractivity contribution >= 4 is 31.5 Å². The maximum atomic E-state index is 14.4. The molecule has 3 N–H and O–H groups in total. The van der Waals surface area contributed by atoms with Gasteiger partial charge in [-0.25, -0.2) is 0 Å². The zero-order valence-electron chi connectivity index (χ0n) is 27.5. The SMILES string of the molecule is C=CCN1C(=O)[C@]2(O[C@H](CCn3cc([C@H](O)c4ccccc4)nn3)[C@@H]([Si](C)(C)O)[C@@H]2C)c2cc(NC(=O)c3ccc(OC)cc3)ccc21. The molecule has 48 heavy (non-hydrogen) atoms. The molecule has 0 unspecified atom stereocenters. The number of aliphatic hydroxyl groups excluding tert-OH is 1. The van der Waals surface area contributed by atoms with Gasteiger partial charge in [-0.1, -0.05) is 48.5 Å². The van der Waals surface area contributed by atoms with E-state index in [4.69, 9.17) is 9.47 Å². The average molecular weight is 668 g/mol. The van der Waals surface area contributed by atoms with E-state index in [0.29, 0.717) is 46.9 Å². The molecule has 250 valence electrons. The zero-order valence-corrected chi connectivity index (χ0v) is 28.5. The fourth-order valence-electron chi connectivity index (χ4n) is 7.29. The van der Waals surface area contributed by atoms with Crippen molar-refractivity contribution < 1.29 is 29.0 Å². The van der Waals surface area contributed by atoms with E-state index in [-0.39, 0.29) is 29.8 Å². The van der Waals surface area contributed by atoms with Gasteiger partial charge in [0.05, 0.1) is 25.1 Å². The molecule has 3 heterocycles. The molecular weight excluding hydrogens is 627 g/mol. The smallest absolute Gasteiger partial charge is 0.264 e. The van der Waals surface area contributed by atoms with Crippen LogP contribution >= 0.6 is 0 Å². The minimum absolute atomic E-state index is 0.219. The molecule has 0 bridgehead atoms. The molecule has 1 fully saturated rings. The van der Waals surface area contributed by atoms with Gasteiger partial charge in [-0.3, -0.25) is 14.3 Å². The number of carbonyl (C=O) groups excluding carboxylic acids is 2. The number of hydrogen-bond donors (Lipinski definition) is 3. The highest BCUT2D eigenvalue weighted by Crippen LogP contribution is 2.60. The lowest BCUT2D eigenvalue weighted by Crippen LogP contribution is -2.46. The topological polar surface area (TPSA) is 139 Å². The highest BCUT2D eigenvalue weighted by molar-refractivity contribution is 6.71. The number of hydrogen-bond acceptors (Lipinski definition) is 8. The van der Waals surface area contributed by atoms with Crippen LogP contribution in [-0.2, 0) is 21.7 Å². The third-order valence-corrected chi connectivity index (χ3v) is 12.0. The predicted molar refractivity (Wildman–Crippen MR) is 184 cm³/mol. The minimum atomic E-state index is -2.90. The second kappa shape index (κ2) is 13.1. The van der Waals surface area contributed by atoms with Crippen molar-refractivity contribution in [3.8, 4) is 5.75 Å². The second-order valence-electron chi connectivity index (χ2n) is 13.0. The molecular formula is C36H41N5O6Si. The number of amides is 2. The van der Waals surface area contributed by atoms with Crippen LogP contribution in [0.25, 0.3) is 0 Å². The molecule has 0 saturated carbocycles. The van der Waals surface area contributed by atoms with Crippen LogP contribution < -0.4 is 15.0 Å². The number of aliphatic hydroxyl groups is 1. The summed E-state index contributed by atoms with van der Waals surface area (Å²) in [6, 6.07) is 21.5. The lowest BCUT2D eigenvalue weighted by Gasteiger charge is -2.32. The summed E-state index contributed by atoms with van der Waals surface area (Å²) in [6.07, 6.45) is 2.45. The van der Waals surface area contributed by atoms with Crippen molar-refractivity contribution in [3.63, 3.8) is 0 Å². The molecule has 1 saturated heterocycles. The van der Waals surface area contributed by atoms with E-state index < -0.39 is 26.1 Å². The molecule has 5 atom stereocenters. The summed E-state index contributed by atoms with van der Waals surface area (Å²) in [4.78, 5) is 40.9. The summed E-state index contributed by atoms with van der Waals surface area (Å²) in [5.41, 5.74) is 1.78. The first-order valence-electron chi connectivity index (χ1n) is 16.0. The molecule has 2 amide bonds. The number of rotatable bonds is 11. The van der Waals surface area contributed by atoms with Gasteiger partial charge in [0.1, 0.15) is 17.5 Å². The number of nitrogens with one attached hydrogen (secondary N) is 1. The molecule has 2 aliphatic heterocycles. The molecule has 2 aliphatic rings. The van der Waals surface area contributed by atoms with Crippen LogP contribution in [0, 0.1) is 5.92 Å². The van der Waals surface area contributed by atoms with Gasteiger partial charge in [0, 0.05) is 41.4 Å². The molecule has 6 rings (SSSR count). The van der Waals surface area contributed by atoms with Crippen LogP contribution in [0.3, 0.4) is 0 Å². The standard InChI is InChI=1S/C36H41N5O6Si/c1-6-19-41-30-17-14-26(37-34(43)25-12-15-27(46-3)16-13-25)21-28(30)36(35(41)44)23(2)33(48(4,5)45)31(47-36)18-20-40-22-29(38-39-40)32(42)24-10-8-7-9-11-24/h6-17,21-23,31-33,42,45H,1,18-20H2,2-5H3,(H,37,43)/t23-,31+,32+,33-,36+/m0/s1. The highest BCUT2D eigenvalue weighted by atomic mass is 28.4. The van der Waals surface area contributed by atoms with E-state index >= 15 is 0 Å². The summed E-state index contributed by atoms with van der Waals surface area (Å²) in [7, 11) is -1.34. The van der Waals surface area contributed by atoms with Crippen molar-refractivity contribution in [3.05, 3.63) is 114 Å². The molecule has 0 aliphatic carbocycles. The van der Waals surface area contributed by atoms with Crippen molar-refractivity contribution in [2.24, 2.45) is 5.92 Å². The summed E-state index contributed by atoms with van der Waals surface area (Å²) in [5.74, 6) is -0.256. The van der Waals surface area contributed by atoms with Crippen molar-refractivity contribution in [2.45, 2.75) is 56.3 Å². The minimum Gasteiger partial charge on any atom is -0.497 e. The number of aryl methyl sites for hydroxylation is 1. The van der Waals surface area contributed by atoms with Gasteiger partial charge < -0.3 is 29.6 Å². The molecule has 1 aromatic heterocycles. The zero-order chi connectivity index (χ0) is 34.2. The Bertz CT molecular complexity index is 1810. The fourth-order valence-corrected chi connectivity index (χ4v) is 9.90. The van der Waals surface area contributed by atoms with E-state index in [9.17, 15) is 19.5 Å². The summed E-state index contributed by atoms with van der Waals surface area (Å²) < 4.78 is 13.8. The van der Waals surface area contributed by atoms with Crippen molar-refractivity contribution in [2.75, 3.05) is 23.9 Å². The Balaban J connectivity index is 1.29. The third kappa shape index (κ3) is 5.96. The highest BCUT2D eigenvalue weighted by Gasteiger charge is 2.66. The summed E-state index contributed by atoms with van der Waals surface area (Å²) in [6.45, 7) is 10.3. The number of anilines is 2. The third-order valence-electron chi connectivity index (χ3n) is 9.50. The van der Waals surface area contributed by atoms with Crippen molar-refractivity contribution in [1.29, 1.82) is 0 Å².